The molecule has 8 aromatic carbocycles. The Morgan fingerprint density at radius 3 is 1.75 bits per heavy atom. The van der Waals surface area contributed by atoms with Gasteiger partial charge in [-0.3, -0.25) is 0 Å². The second-order valence-corrected chi connectivity index (χ2v) is 16.0. The van der Waals surface area contributed by atoms with Crippen molar-refractivity contribution in [1.29, 1.82) is 0 Å². The fourth-order valence-corrected chi connectivity index (χ4v) is 9.70. The molecule has 0 N–H and O–H groups in total. The molecule has 0 unspecified atom stereocenters. The Balaban J connectivity index is 1.04. The Morgan fingerprint density at radius 1 is 0.350 bits per heavy atom. The third kappa shape index (κ3) is 5.76. The molecule has 0 bridgehead atoms. The van der Waals surface area contributed by atoms with E-state index in [1.807, 2.05) is 60.7 Å². The predicted molar refractivity (Wildman–Crippen MR) is 248 cm³/mol. The van der Waals surface area contributed by atoms with Crippen LogP contribution in [0.4, 0.5) is 0 Å². The lowest BCUT2D eigenvalue weighted by Gasteiger charge is -2.13. The fraction of sp³-hybridized carbons (Fsp3) is 0. The Labute approximate surface area is 348 Å². The molecular formula is C54H32N4OS. The first-order valence-corrected chi connectivity index (χ1v) is 20.8. The smallest absolute Gasteiger partial charge is 0.164 e. The molecule has 12 aromatic rings. The van der Waals surface area contributed by atoms with Crippen molar-refractivity contribution in [2.24, 2.45) is 0 Å². The van der Waals surface area contributed by atoms with Crippen molar-refractivity contribution < 1.29 is 4.42 Å². The van der Waals surface area contributed by atoms with Gasteiger partial charge in [-0.25, -0.2) is 19.9 Å². The largest absolute Gasteiger partial charge is 0.456 e. The molecule has 6 heteroatoms. The predicted octanol–water partition coefficient (Wildman–Crippen LogP) is 14.7. The van der Waals surface area contributed by atoms with Crippen molar-refractivity contribution in [1.82, 2.24) is 19.9 Å². The summed E-state index contributed by atoms with van der Waals surface area (Å²) in [5.41, 5.74) is 12.0. The van der Waals surface area contributed by atoms with Crippen LogP contribution in [0.5, 0.6) is 0 Å². The number of fused-ring (bicyclic) bond motifs is 8. The van der Waals surface area contributed by atoms with Gasteiger partial charge >= 0.3 is 0 Å². The van der Waals surface area contributed by atoms with E-state index >= 15 is 0 Å². The second-order valence-electron chi connectivity index (χ2n) is 15.0. The van der Waals surface area contributed by atoms with Crippen LogP contribution in [0.1, 0.15) is 0 Å². The maximum atomic E-state index is 6.15. The van der Waals surface area contributed by atoms with Gasteiger partial charge in [-0.15, -0.1) is 11.3 Å². The van der Waals surface area contributed by atoms with E-state index in [9.17, 15) is 0 Å². The topological polar surface area (TPSA) is 64.7 Å². The molecule has 4 aromatic heterocycles. The summed E-state index contributed by atoms with van der Waals surface area (Å²) in [4.78, 5) is 20.8. The molecule has 0 saturated heterocycles. The minimum atomic E-state index is 0.590. The summed E-state index contributed by atoms with van der Waals surface area (Å²) >= 11 is 1.79. The molecule has 0 radical (unpaired) electrons. The molecular weight excluding hydrogens is 753 g/mol. The number of benzene rings is 8. The lowest BCUT2D eigenvalue weighted by atomic mass is 9.93. The van der Waals surface area contributed by atoms with Crippen LogP contribution in [0.3, 0.4) is 0 Å². The van der Waals surface area contributed by atoms with Crippen molar-refractivity contribution in [3.63, 3.8) is 0 Å². The van der Waals surface area contributed by atoms with Gasteiger partial charge in [0.2, 0.25) is 0 Å². The zero-order chi connectivity index (χ0) is 39.6. The van der Waals surface area contributed by atoms with E-state index in [4.69, 9.17) is 24.4 Å². The number of rotatable bonds is 6. The van der Waals surface area contributed by atoms with Gasteiger partial charge in [0.25, 0.3) is 0 Å². The van der Waals surface area contributed by atoms with Gasteiger partial charge in [0.1, 0.15) is 11.2 Å². The van der Waals surface area contributed by atoms with Crippen molar-refractivity contribution in [3.05, 3.63) is 194 Å². The van der Waals surface area contributed by atoms with E-state index < -0.39 is 0 Å². The average Bonchev–Trinajstić information content (AvgIpc) is 3.90. The third-order valence-corrected chi connectivity index (χ3v) is 12.5. The van der Waals surface area contributed by atoms with Gasteiger partial charge in [-0.1, -0.05) is 146 Å². The number of furan rings is 1. The van der Waals surface area contributed by atoms with E-state index in [1.165, 1.54) is 32.2 Å². The van der Waals surface area contributed by atoms with Crippen LogP contribution in [0.15, 0.2) is 199 Å². The van der Waals surface area contributed by atoms with Crippen LogP contribution in [0.25, 0.3) is 121 Å². The minimum absolute atomic E-state index is 0.590. The molecule has 4 heterocycles. The molecule has 0 aliphatic carbocycles. The van der Waals surface area contributed by atoms with E-state index in [-0.39, 0.29) is 0 Å². The highest BCUT2D eigenvalue weighted by molar-refractivity contribution is 7.26. The summed E-state index contributed by atoms with van der Waals surface area (Å²) in [5.74, 6) is 1.79. The molecule has 0 aliphatic heterocycles. The van der Waals surface area contributed by atoms with Crippen LogP contribution in [0, 0.1) is 0 Å². The summed E-state index contributed by atoms with van der Waals surface area (Å²) in [6.45, 7) is 0. The van der Waals surface area contributed by atoms with Crippen LogP contribution in [-0.4, -0.2) is 19.9 Å². The zero-order valence-corrected chi connectivity index (χ0v) is 32.9. The normalized spacial score (nSPS) is 11.7. The van der Waals surface area contributed by atoms with Gasteiger partial charge in [0.05, 0.1) is 15.9 Å². The van der Waals surface area contributed by atoms with Gasteiger partial charge in [-0.2, -0.15) is 0 Å². The highest BCUT2D eigenvalue weighted by Gasteiger charge is 2.21. The lowest BCUT2D eigenvalue weighted by Crippen LogP contribution is -2.00. The van der Waals surface area contributed by atoms with Crippen molar-refractivity contribution in [2.75, 3.05) is 0 Å². The number of nitrogens with zero attached hydrogens (tertiary/aromatic N) is 4. The van der Waals surface area contributed by atoms with Crippen molar-refractivity contribution in [3.8, 4) is 67.7 Å². The monoisotopic (exact) mass is 784 g/mol. The Morgan fingerprint density at radius 2 is 0.933 bits per heavy atom. The summed E-state index contributed by atoms with van der Waals surface area (Å²) in [6.07, 6.45) is 0. The number of aromatic nitrogens is 4. The standard InChI is InChI=1S/C54H32N4OS/c1-3-14-33(15-4-1)35-18-11-19-36(30-35)40-24-13-25-44-48(40)49-42-23-8-10-27-47(42)60-51(49)50(55-44)37-20-12-21-38(31-37)53-56-52(34-16-5-2-6-17-34)57-54(58-53)39-28-29-46-43(32-39)41-22-7-9-26-45(41)59-46/h1-32H. The number of hydrogen-bond acceptors (Lipinski definition) is 6. The van der Waals surface area contributed by atoms with Crippen LogP contribution < -0.4 is 0 Å². The molecule has 0 amide bonds. The highest BCUT2D eigenvalue weighted by Crippen LogP contribution is 2.46. The van der Waals surface area contributed by atoms with Gasteiger partial charge in [0, 0.05) is 53.9 Å². The van der Waals surface area contributed by atoms with E-state index in [1.54, 1.807) is 11.3 Å². The Bertz CT molecular complexity index is 3610. The summed E-state index contributed by atoms with van der Waals surface area (Å²) in [5, 5.41) is 5.69. The fourth-order valence-electron chi connectivity index (χ4n) is 8.48. The zero-order valence-electron chi connectivity index (χ0n) is 32.1. The third-order valence-electron chi connectivity index (χ3n) is 11.3. The Hall–Kier alpha value is -7.80. The van der Waals surface area contributed by atoms with Crippen LogP contribution in [0.2, 0.25) is 0 Å². The molecule has 0 fully saturated rings. The second kappa shape index (κ2) is 13.9. The number of hydrogen-bond donors (Lipinski definition) is 0. The molecule has 5 nitrogen and oxygen atoms in total. The lowest BCUT2D eigenvalue weighted by molar-refractivity contribution is 0.669. The first-order valence-electron chi connectivity index (χ1n) is 20.0. The minimum Gasteiger partial charge on any atom is -0.456 e. The quantitative estimate of drug-likeness (QED) is 0.168. The Kier molecular flexibility index (Phi) is 7.96. The molecule has 60 heavy (non-hydrogen) atoms. The SMILES string of the molecule is c1ccc(-c2cccc(-c3cccc4nc(-c5cccc(-c6nc(-c7ccccc7)nc(-c7ccc8oc9ccccc9c8c7)n6)c5)c5sc6ccccc6c5c34)c2)cc1. The van der Waals surface area contributed by atoms with E-state index in [2.05, 4.69) is 133 Å². The average molecular weight is 785 g/mol. The first-order chi connectivity index (χ1) is 29.7. The summed E-state index contributed by atoms with van der Waals surface area (Å²) in [6, 6.07) is 67.4. The molecule has 0 atom stereocenters. The molecule has 0 saturated carbocycles. The number of para-hydroxylation sites is 1. The first kappa shape index (κ1) is 34.3. The summed E-state index contributed by atoms with van der Waals surface area (Å²) < 4.78 is 8.53. The van der Waals surface area contributed by atoms with E-state index in [0.29, 0.717) is 17.5 Å². The van der Waals surface area contributed by atoms with Crippen LogP contribution in [-0.2, 0) is 0 Å². The number of thiophene rings is 1. The molecule has 0 spiro atoms. The van der Waals surface area contributed by atoms with Crippen molar-refractivity contribution in [2.45, 2.75) is 0 Å². The van der Waals surface area contributed by atoms with Gasteiger partial charge < -0.3 is 4.42 Å². The summed E-state index contributed by atoms with van der Waals surface area (Å²) in [7, 11) is 0. The van der Waals surface area contributed by atoms with E-state index in [0.717, 1.165) is 71.1 Å². The highest BCUT2D eigenvalue weighted by atomic mass is 32.1. The van der Waals surface area contributed by atoms with Gasteiger partial charge in [0.15, 0.2) is 17.5 Å². The number of pyridine rings is 1. The molecule has 0 aliphatic rings. The van der Waals surface area contributed by atoms with Crippen molar-refractivity contribution >= 4 is 64.4 Å². The maximum absolute atomic E-state index is 6.15. The van der Waals surface area contributed by atoms with Gasteiger partial charge in [-0.05, 0) is 70.8 Å². The molecule has 12 rings (SSSR count). The molecule has 280 valence electrons. The van der Waals surface area contributed by atoms with Crippen LogP contribution >= 0.6 is 11.3 Å². The maximum Gasteiger partial charge on any atom is 0.164 e.